The smallest absolute Gasteiger partial charge is 0.237 e. The zero-order valence-corrected chi connectivity index (χ0v) is 11.3. The van der Waals surface area contributed by atoms with Crippen LogP contribution in [0.5, 0.6) is 0 Å². The average molecular weight is 267 g/mol. The fourth-order valence-electron chi connectivity index (χ4n) is 0.993. The molecule has 0 rings (SSSR count). The first-order valence-electron chi connectivity index (χ1n) is 5.23. The van der Waals surface area contributed by atoms with E-state index in [-0.39, 0.29) is 18.2 Å². The molecule has 0 aliphatic heterocycles. The molecule has 0 fully saturated rings. The molecular formula is C9H21N3O4S. The molecule has 0 radical (unpaired) electrons. The molecule has 8 heteroatoms. The van der Waals surface area contributed by atoms with E-state index in [1.165, 1.54) is 21.2 Å². The normalized spacial score (nSPS) is 13.7. The number of hydrogen-bond acceptors (Lipinski definition) is 5. The summed E-state index contributed by atoms with van der Waals surface area (Å²) in [5.41, 5.74) is 5.56. The van der Waals surface area contributed by atoms with Gasteiger partial charge in [0.1, 0.15) is 0 Å². The third-order valence-corrected chi connectivity index (χ3v) is 4.02. The van der Waals surface area contributed by atoms with Gasteiger partial charge in [-0.3, -0.25) is 4.79 Å². The number of nitrogens with two attached hydrogens (primary N) is 1. The van der Waals surface area contributed by atoms with Crippen LogP contribution in [0.2, 0.25) is 0 Å². The molecule has 1 unspecified atom stereocenters. The molecule has 0 bridgehead atoms. The van der Waals surface area contributed by atoms with Gasteiger partial charge in [0.2, 0.25) is 15.9 Å². The number of rotatable bonds is 8. The molecule has 1 amide bonds. The number of ether oxygens (including phenoxy) is 1. The lowest BCUT2D eigenvalue weighted by Gasteiger charge is -2.14. The first-order chi connectivity index (χ1) is 7.81. The van der Waals surface area contributed by atoms with Gasteiger partial charge in [0.15, 0.2) is 0 Å². The van der Waals surface area contributed by atoms with Crippen molar-refractivity contribution in [2.24, 2.45) is 5.73 Å². The van der Waals surface area contributed by atoms with Crippen LogP contribution in [0.4, 0.5) is 0 Å². The van der Waals surface area contributed by atoms with Crippen LogP contribution in [0.15, 0.2) is 0 Å². The molecule has 0 saturated carbocycles. The van der Waals surface area contributed by atoms with Crippen molar-refractivity contribution in [1.29, 1.82) is 0 Å². The van der Waals surface area contributed by atoms with Gasteiger partial charge < -0.3 is 15.8 Å². The van der Waals surface area contributed by atoms with Crippen molar-refractivity contribution in [2.75, 3.05) is 40.1 Å². The molecular weight excluding hydrogens is 246 g/mol. The Kier molecular flexibility index (Phi) is 7.28. The minimum Gasteiger partial charge on any atom is -0.385 e. The Morgan fingerprint density at radius 3 is 2.53 bits per heavy atom. The van der Waals surface area contributed by atoms with Gasteiger partial charge in [0.05, 0.1) is 11.8 Å². The molecule has 0 heterocycles. The number of nitrogens with zero attached hydrogens (tertiary/aromatic N) is 1. The van der Waals surface area contributed by atoms with Crippen LogP contribution in [0, 0.1) is 0 Å². The Morgan fingerprint density at radius 2 is 2.06 bits per heavy atom. The predicted molar refractivity (Wildman–Crippen MR) is 65.0 cm³/mol. The summed E-state index contributed by atoms with van der Waals surface area (Å²) in [6.45, 7) is 0.449. The maximum atomic E-state index is 11.4. The maximum absolute atomic E-state index is 11.4. The molecule has 0 saturated heterocycles. The summed E-state index contributed by atoms with van der Waals surface area (Å²) in [5.74, 6) is -0.501. The minimum absolute atomic E-state index is 0.0556. The molecule has 0 aromatic heterocycles. The molecule has 0 aliphatic carbocycles. The summed E-state index contributed by atoms with van der Waals surface area (Å²) < 4.78 is 28.7. The Hall–Kier alpha value is -0.700. The van der Waals surface area contributed by atoms with Crippen LogP contribution >= 0.6 is 0 Å². The van der Waals surface area contributed by atoms with Crippen molar-refractivity contribution >= 4 is 15.9 Å². The Balaban J connectivity index is 3.93. The van der Waals surface area contributed by atoms with Gasteiger partial charge in [-0.15, -0.1) is 0 Å². The van der Waals surface area contributed by atoms with Crippen molar-refractivity contribution in [3.8, 4) is 0 Å². The number of nitrogens with one attached hydrogen (secondary N) is 1. The summed E-state index contributed by atoms with van der Waals surface area (Å²) in [5, 5.41) is 2.48. The van der Waals surface area contributed by atoms with Gasteiger partial charge in [0, 0.05) is 34.4 Å². The number of methoxy groups -OCH3 is 1. The monoisotopic (exact) mass is 267 g/mol. The van der Waals surface area contributed by atoms with E-state index in [2.05, 4.69) is 5.32 Å². The average Bonchev–Trinajstić information content (AvgIpc) is 2.25. The number of carbonyl (C=O) groups is 1. The number of hydrogen-bond donors (Lipinski definition) is 2. The van der Waals surface area contributed by atoms with E-state index >= 15 is 0 Å². The molecule has 102 valence electrons. The van der Waals surface area contributed by atoms with Crippen LogP contribution in [0.25, 0.3) is 0 Å². The van der Waals surface area contributed by atoms with Gasteiger partial charge in [-0.1, -0.05) is 0 Å². The quantitative estimate of drug-likeness (QED) is 0.549. The van der Waals surface area contributed by atoms with Crippen molar-refractivity contribution < 1.29 is 17.9 Å². The van der Waals surface area contributed by atoms with Crippen LogP contribution in [-0.4, -0.2) is 64.8 Å². The number of sulfonamides is 1. The maximum Gasteiger partial charge on any atom is 0.237 e. The van der Waals surface area contributed by atoms with Gasteiger partial charge in [0.25, 0.3) is 0 Å². The summed E-state index contributed by atoms with van der Waals surface area (Å²) in [6, 6.07) is -0.669. The first kappa shape index (κ1) is 16.3. The topological polar surface area (TPSA) is 102 Å². The second kappa shape index (κ2) is 7.59. The highest BCUT2D eigenvalue weighted by atomic mass is 32.2. The highest BCUT2D eigenvalue weighted by molar-refractivity contribution is 7.89. The Morgan fingerprint density at radius 1 is 1.47 bits per heavy atom. The SMILES string of the molecule is COCCC(N)C(=O)NCCS(=O)(=O)N(C)C. The molecule has 7 nitrogen and oxygen atoms in total. The Labute approximate surface area is 102 Å². The van der Waals surface area contributed by atoms with Gasteiger partial charge >= 0.3 is 0 Å². The lowest BCUT2D eigenvalue weighted by atomic mass is 10.2. The molecule has 0 aromatic rings. The van der Waals surface area contributed by atoms with Crippen LogP contribution in [-0.2, 0) is 19.6 Å². The van der Waals surface area contributed by atoms with Gasteiger partial charge in [-0.25, -0.2) is 12.7 Å². The minimum atomic E-state index is -3.28. The second-order valence-electron chi connectivity index (χ2n) is 3.78. The van der Waals surface area contributed by atoms with E-state index in [1.807, 2.05) is 0 Å². The molecule has 0 spiro atoms. The van der Waals surface area contributed by atoms with E-state index in [0.29, 0.717) is 13.0 Å². The second-order valence-corrected chi connectivity index (χ2v) is 6.08. The summed E-state index contributed by atoms with van der Waals surface area (Å²) >= 11 is 0. The molecule has 3 N–H and O–H groups in total. The molecule has 17 heavy (non-hydrogen) atoms. The van der Waals surface area contributed by atoms with Crippen molar-refractivity contribution in [1.82, 2.24) is 9.62 Å². The van der Waals surface area contributed by atoms with Gasteiger partial charge in [-0.05, 0) is 6.42 Å². The highest BCUT2D eigenvalue weighted by Crippen LogP contribution is 1.93. The lowest BCUT2D eigenvalue weighted by molar-refractivity contribution is -0.122. The van der Waals surface area contributed by atoms with E-state index < -0.39 is 16.1 Å². The standard InChI is InChI=1S/C9H21N3O4S/c1-12(2)17(14,15)7-5-11-9(13)8(10)4-6-16-3/h8H,4-7,10H2,1-3H3,(H,11,13). The molecule has 1 atom stereocenters. The Bertz CT molecular complexity index is 329. The van der Waals surface area contributed by atoms with Gasteiger partial charge in [-0.2, -0.15) is 0 Å². The zero-order valence-electron chi connectivity index (χ0n) is 10.5. The van der Waals surface area contributed by atoms with Crippen LogP contribution in [0.1, 0.15) is 6.42 Å². The van der Waals surface area contributed by atoms with E-state index in [4.69, 9.17) is 10.5 Å². The number of carbonyl (C=O) groups excluding carboxylic acids is 1. The van der Waals surface area contributed by atoms with E-state index in [0.717, 1.165) is 4.31 Å². The largest absolute Gasteiger partial charge is 0.385 e. The van der Waals surface area contributed by atoms with Crippen LogP contribution in [0.3, 0.4) is 0 Å². The van der Waals surface area contributed by atoms with E-state index in [1.54, 1.807) is 0 Å². The summed E-state index contributed by atoms with van der Waals surface area (Å²) in [4.78, 5) is 11.4. The lowest BCUT2D eigenvalue weighted by Crippen LogP contribution is -2.43. The molecule has 0 aromatic carbocycles. The predicted octanol–water partition coefficient (Wildman–Crippen LogP) is -1.64. The highest BCUT2D eigenvalue weighted by Gasteiger charge is 2.16. The molecule has 0 aliphatic rings. The third-order valence-electron chi connectivity index (χ3n) is 2.19. The van der Waals surface area contributed by atoms with E-state index in [9.17, 15) is 13.2 Å². The third kappa shape index (κ3) is 6.57. The fraction of sp³-hybridized carbons (Fsp3) is 0.889. The van der Waals surface area contributed by atoms with Crippen LogP contribution < -0.4 is 11.1 Å². The number of amides is 1. The van der Waals surface area contributed by atoms with Crippen molar-refractivity contribution in [2.45, 2.75) is 12.5 Å². The van der Waals surface area contributed by atoms with Crippen molar-refractivity contribution in [3.05, 3.63) is 0 Å². The summed E-state index contributed by atoms with van der Waals surface area (Å²) in [7, 11) is 1.13. The zero-order chi connectivity index (χ0) is 13.5. The summed E-state index contributed by atoms with van der Waals surface area (Å²) in [6.07, 6.45) is 0.406. The van der Waals surface area contributed by atoms with Crippen molar-refractivity contribution in [3.63, 3.8) is 0 Å². The fourth-order valence-corrected chi connectivity index (χ4v) is 1.72. The first-order valence-corrected chi connectivity index (χ1v) is 6.84.